The standard InChI is InChI=1S/C14H11N.C8H7Cl2N.C6H7BO2/c1-2-6-11(7-3-1)14-10-12-8-4-5-9-13(12)15-14;9-8(10)5-6-3-1-2-4-7(6)11;8-7(9)6-4-2-1-3-5-6/h1-10,15H;1-5H,11H2;1-5,8-9H. The molecule has 0 atom stereocenters. The molecule has 0 aliphatic heterocycles. The first-order valence-electron chi connectivity index (χ1n) is 10.9. The van der Waals surface area contributed by atoms with Gasteiger partial charge in [-0.05, 0) is 40.9 Å². The maximum Gasteiger partial charge on any atom is 0.488 e. The summed E-state index contributed by atoms with van der Waals surface area (Å²) in [5.74, 6) is 0. The van der Waals surface area contributed by atoms with Crippen molar-refractivity contribution >= 4 is 58.4 Å². The average molecular weight is 503 g/mol. The number of fused-ring (bicyclic) bond motifs is 1. The SMILES string of the molecule is Nc1ccccc1C=C(Cl)Cl.OB(O)c1ccccc1.c1ccc(-c2cc3ccccc3[nH]2)cc1. The Morgan fingerprint density at radius 3 is 1.89 bits per heavy atom. The molecule has 5 N–H and O–H groups in total. The Labute approximate surface area is 215 Å². The molecule has 1 aromatic heterocycles. The summed E-state index contributed by atoms with van der Waals surface area (Å²) >= 11 is 10.9. The lowest BCUT2D eigenvalue weighted by molar-refractivity contribution is 0.426. The number of aromatic amines is 1. The Bertz CT molecular complexity index is 1320. The minimum Gasteiger partial charge on any atom is -0.423 e. The van der Waals surface area contributed by atoms with E-state index in [-0.39, 0.29) is 4.49 Å². The third-order valence-corrected chi connectivity index (χ3v) is 5.19. The van der Waals surface area contributed by atoms with E-state index in [2.05, 4.69) is 53.5 Å². The van der Waals surface area contributed by atoms with Crippen molar-refractivity contribution in [3.05, 3.63) is 125 Å². The molecule has 0 saturated carbocycles. The van der Waals surface area contributed by atoms with Gasteiger partial charge in [-0.2, -0.15) is 0 Å². The zero-order chi connectivity index (χ0) is 25.0. The van der Waals surface area contributed by atoms with Gasteiger partial charge in [0, 0.05) is 22.3 Å². The van der Waals surface area contributed by atoms with Crippen LogP contribution in [0.2, 0.25) is 0 Å². The van der Waals surface area contributed by atoms with Crippen LogP contribution in [0.4, 0.5) is 5.69 Å². The van der Waals surface area contributed by atoms with E-state index in [1.165, 1.54) is 22.2 Å². The summed E-state index contributed by atoms with van der Waals surface area (Å²) in [5.41, 5.74) is 11.2. The van der Waals surface area contributed by atoms with Gasteiger partial charge in [-0.3, -0.25) is 0 Å². The third kappa shape index (κ3) is 8.35. The highest BCUT2D eigenvalue weighted by Gasteiger charge is 2.07. The van der Waals surface area contributed by atoms with Crippen molar-refractivity contribution in [1.29, 1.82) is 0 Å². The van der Waals surface area contributed by atoms with Gasteiger partial charge in [-0.1, -0.05) is 120 Å². The van der Waals surface area contributed by atoms with Gasteiger partial charge >= 0.3 is 7.12 Å². The summed E-state index contributed by atoms with van der Waals surface area (Å²) < 4.78 is 0.211. The number of anilines is 1. The number of halogens is 2. The number of para-hydroxylation sites is 2. The topological polar surface area (TPSA) is 82.3 Å². The second-order valence-electron chi connectivity index (χ2n) is 7.48. The molecule has 4 nitrogen and oxygen atoms in total. The Morgan fingerprint density at radius 1 is 0.743 bits per heavy atom. The van der Waals surface area contributed by atoms with E-state index in [9.17, 15) is 0 Å². The summed E-state index contributed by atoms with van der Waals surface area (Å²) in [7, 11) is -1.34. The van der Waals surface area contributed by atoms with Crippen molar-refractivity contribution in [3.8, 4) is 11.3 Å². The van der Waals surface area contributed by atoms with Crippen LogP contribution < -0.4 is 11.2 Å². The van der Waals surface area contributed by atoms with Gasteiger partial charge < -0.3 is 20.8 Å². The first-order valence-corrected chi connectivity index (χ1v) is 11.6. The number of benzene rings is 4. The normalized spacial score (nSPS) is 9.83. The third-order valence-electron chi connectivity index (χ3n) is 4.97. The fourth-order valence-corrected chi connectivity index (χ4v) is 3.47. The molecule has 0 amide bonds. The van der Waals surface area contributed by atoms with E-state index in [0.29, 0.717) is 11.2 Å². The van der Waals surface area contributed by atoms with Crippen molar-refractivity contribution < 1.29 is 10.0 Å². The Morgan fingerprint density at radius 2 is 1.31 bits per heavy atom. The number of hydrogen-bond acceptors (Lipinski definition) is 3. The molecule has 7 heteroatoms. The Balaban J connectivity index is 0.000000153. The van der Waals surface area contributed by atoms with Crippen molar-refractivity contribution in [3.63, 3.8) is 0 Å². The van der Waals surface area contributed by atoms with E-state index in [1.54, 1.807) is 36.4 Å². The predicted molar refractivity (Wildman–Crippen MR) is 151 cm³/mol. The molecule has 5 aromatic rings. The number of aromatic nitrogens is 1. The molecule has 35 heavy (non-hydrogen) atoms. The lowest BCUT2D eigenvalue weighted by Crippen LogP contribution is -2.29. The first-order chi connectivity index (χ1) is 16.9. The van der Waals surface area contributed by atoms with Crippen LogP contribution in [0.15, 0.2) is 120 Å². The van der Waals surface area contributed by atoms with Crippen molar-refractivity contribution in [1.82, 2.24) is 4.98 Å². The number of nitrogens with one attached hydrogen (secondary N) is 1. The molecular weight excluding hydrogens is 478 g/mol. The van der Waals surface area contributed by atoms with E-state index in [0.717, 1.165) is 5.56 Å². The van der Waals surface area contributed by atoms with Gasteiger partial charge in [0.15, 0.2) is 0 Å². The van der Waals surface area contributed by atoms with Crippen LogP contribution in [0.25, 0.3) is 28.2 Å². The second kappa shape index (κ2) is 13.4. The minimum absolute atomic E-state index is 0.211. The van der Waals surface area contributed by atoms with E-state index >= 15 is 0 Å². The minimum atomic E-state index is -1.34. The lowest BCUT2D eigenvalue weighted by Gasteiger charge is -1.97. The number of nitrogens with two attached hydrogens (primary N) is 1. The van der Waals surface area contributed by atoms with Gasteiger partial charge in [0.25, 0.3) is 0 Å². The van der Waals surface area contributed by atoms with Crippen LogP contribution in [-0.4, -0.2) is 22.2 Å². The summed E-state index contributed by atoms with van der Waals surface area (Å²) in [6.07, 6.45) is 1.61. The zero-order valence-electron chi connectivity index (χ0n) is 18.9. The summed E-state index contributed by atoms with van der Waals surface area (Å²) in [6.45, 7) is 0. The molecule has 0 saturated heterocycles. The number of rotatable bonds is 3. The van der Waals surface area contributed by atoms with Gasteiger partial charge in [0.1, 0.15) is 4.49 Å². The molecule has 1 heterocycles. The van der Waals surface area contributed by atoms with Crippen LogP contribution >= 0.6 is 23.2 Å². The van der Waals surface area contributed by atoms with E-state index in [1.807, 2.05) is 36.4 Å². The van der Waals surface area contributed by atoms with Crippen LogP contribution in [0.1, 0.15) is 5.56 Å². The lowest BCUT2D eigenvalue weighted by atomic mass is 9.81. The second-order valence-corrected chi connectivity index (χ2v) is 8.49. The zero-order valence-corrected chi connectivity index (χ0v) is 20.4. The van der Waals surface area contributed by atoms with Crippen LogP contribution in [-0.2, 0) is 0 Å². The molecule has 5 rings (SSSR count). The fourth-order valence-electron chi connectivity index (χ4n) is 3.23. The molecular formula is C28H25BCl2N2O2. The van der Waals surface area contributed by atoms with Gasteiger partial charge in [0.05, 0.1) is 0 Å². The Hall–Kier alpha value is -3.48. The molecule has 4 aromatic carbocycles. The monoisotopic (exact) mass is 502 g/mol. The predicted octanol–water partition coefficient (Wildman–Crippen LogP) is 6.25. The molecule has 0 spiro atoms. The molecule has 0 aliphatic carbocycles. The first kappa shape index (κ1) is 26.1. The molecule has 0 aliphatic rings. The maximum absolute atomic E-state index is 8.58. The number of nitrogen functional groups attached to an aromatic ring is 1. The van der Waals surface area contributed by atoms with Gasteiger partial charge in [0.2, 0.25) is 0 Å². The van der Waals surface area contributed by atoms with Crippen molar-refractivity contribution in [2.24, 2.45) is 0 Å². The summed E-state index contributed by atoms with van der Waals surface area (Å²) in [6, 6.07) is 36.9. The van der Waals surface area contributed by atoms with Crippen molar-refractivity contribution in [2.75, 3.05) is 5.73 Å². The quantitative estimate of drug-likeness (QED) is 0.174. The van der Waals surface area contributed by atoms with Gasteiger partial charge in [-0.15, -0.1) is 0 Å². The van der Waals surface area contributed by atoms with Crippen LogP contribution in [0.5, 0.6) is 0 Å². The average Bonchev–Trinajstić information content (AvgIpc) is 3.32. The summed E-state index contributed by atoms with van der Waals surface area (Å²) in [5, 5.41) is 18.4. The van der Waals surface area contributed by atoms with E-state index < -0.39 is 7.12 Å². The smallest absolute Gasteiger partial charge is 0.423 e. The molecule has 0 unspecified atom stereocenters. The highest BCUT2D eigenvalue weighted by molar-refractivity contribution is 6.58. The largest absolute Gasteiger partial charge is 0.488 e. The molecule has 0 radical (unpaired) electrons. The fraction of sp³-hybridized carbons (Fsp3) is 0. The summed E-state index contributed by atoms with van der Waals surface area (Å²) in [4.78, 5) is 3.41. The van der Waals surface area contributed by atoms with Crippen molar-refractivity contribution in [2.45, 2.75) is 0 Å². The van der Waals surface area contributed by atoms with Gasteiger partial charge in [-0.25, -0.2) is 0 Å². The highest BCUT2D eigenvalue weighted by atomic mass is 35.5. The van der Waals surface area contributed by atoms with Crippen LogP contribution in [0.3, 0.4) is 0 Å². The molecule has 176 valence electrons. The maximum atomic E-state index is 8.58. The van der Waals surface area contributed by atoms with Crippen LogP contribution in [0, 0.1) is 0 Å². The Kier molecular flexibility index (Phi) is 10.0. The highest BCUT2D eigenvalue weighted by Crippen LogP contribution is 2.23. The molecule has 0 bridgehead atoms. The molecule has 0 fully saturated rings. The number of H-pyrrole nitrogens is 1. The van der Waals surface area contributed by atoms with E-state index in [4.69, 9.17) is 39.0 Å². The number of hydrogen-bond donors (Lipinski definition) is 4.